The van der Waals surface area contributed by atoms with Crippen LogP contribution in [0.4, 0.5) is 5.69 Å². The summed E-state index contributed by atoms with van der Waals surface area (Å²) in [4.78, 5) is 13.8. The topological polar surface area (TPSA) is 58.4 Å². The van der Waals surface area contributed by atoms with Crippen LogP contribution in [0.1, 0.15) is 13.8 Å². The van der Waals surface area contributed by atoms with Crippen LogP contribution in [0.3, 0.4) is 0 Å². The summed E-state index contributed by atoms with van der Waals surface area (Å²) in [6.07, 6.45) is 0. The summed E-state index contributed by atoms with van der Waals surface area (Å²) in [5.41, 5.74) is 6.54. The molecule has 4 nitrogen and oxygen atoms in total. The van der Waals surface area contributed by atoms with E-state index in [9.17, 15) is 4.79 Å². The number of anilines is 1. The number of nitrogens with zero attached hydrogens (tertiary/aromatic N) is 1. The van der Waals surface area contributed by atoms with Gasteiger partial charge in [0.1, 0.15) is 0 Å². The lowest BCUT2D eigenvalue weighted by atomic mass is 9.93. The Bertz CT molecular complexity index is 376. The lowest BCUT2D eigenvalue weighted by Crippen LogP contribution is -2.40. The highest BCUT2D eigenvalue weighted by atomic mass is 16.2. The first-order valence-electron chi connectivity index (χ1n) is 6.16. The van der Waals surface area contributed by atoms with Crippen LogP contribution in [0.25, 0.3) is 0 Å². The van der Waals surface area contributed by atoms with Gasteiger partial charge in [-0.15, -0.1) is 0 Å². The van der Waals surface area contributed by atoms with Crippen molar-refractivity contribution in [3.63, 3.8) is 0 Å². The first kappa shape index (κ1) is 14.7. The highest BCUT2D eigenvalue weighted by molar-refractivity contribution is 5.92. The van der Waals surface area contributed by atoms with Crippen LogP contribution >= 0.6 is 0 Å². The van der Waals surface area contributed by atoms with Gasteiger partial charge in [-0.2, -0.15) is 0 Å². The molecule has 1 rings (SSSR count). The van der Waals surface area contributed by atoms with Crippen molar-refractivity contribution in [3.05, 3.63) is 30.3 Å². The number of nitrogens with two attached hydrogens (primary N) is 1. The van der Waals surface area contributed by atoms with Crippen LogP contribution in [0, 0.1) is 5.41 Å². The van der Waals surface area contributed by atoms with Crippen LogP contribution < -0.4 is 11.1 Å². The van der Waals surface area contributed by atoms with Crippen molar-refractivity contribution in [2.24, 2.45) is 11.1 Å². The second-order valence-corrected chi connectivity index (χ2v) is 5.45. The first-order valence-corrected chi connectivity index (χ1v) is 6.16. The van der Waals surface area contributed by atoms with Gasteiger partial charge in [0, 0.05) is 12.2 Å². The number of carbonyl (C=O) groups is 1. The molecule has 0 fully saturated rings. The molecule has 0 aliphatic rings. The van der Waals surface area contributed by atoms with E-state index in [4.69, 9.17) is 5.73 Å². The molecule has 4 heteroatoms. The Balaban J connectivity index is 2.41. The summed E-state index contributed by atoms with van der Waals surface area (Å²) in [6, 6.07) is 9.47. The third-order valence-corrected chi connectivity index (χ3v) is 2.72. The summed E-state index contributed by atoms with van der Waals surface area (Å²) in [5.74, 6) is -0.00322. The van der Waals surface area contributed by atoms with Crippen LogP contribution in [0.5, 0.6) is 0 Å². The molecule has 0 saturated heterocycles. The van der Waals surface area contributed by atoms with Gasteiger partial charge in [0.15, 0.2) is 0 Å². The van der Waals surface area contributed by atoms with Gasteiger partial charge in [-0.1, -0.05) is 32.0 Å². The second-order valence-electron chi connectivity index (χ2n) is 5.45. The molecule has 3 N–H and O–H groups in total. The zero-order chi connectivity index (χ0) is 13.6. The lowest BCUT2D eigenvalue weighted by molar-refractivity contribution is -0.117. The Morgan fingerprint density at radius 2 is 1.94 bits per heavy atom. The molecule has 0 heterocycles. The van der Waals surface area contributed by atoms with Gasteiger partial charge in [0.25, 0.3) is 0 Å². The quantitative estimate of drug-likeness (QED) is 0.804. The molecule has 1 aromatic rings. The van der Waals surface area contributed by atoms with Crippen molar-refractivity contribution >= 4 is 11.6 Å². The number of likely N-dealkylation sites (N-methyl/N-ethyl adjacent to an activating group) is 1. The van der Waals surface area contributed by atoms with Crippen molar-refractivity contribution in [1.82, 2.24) is 4.90 Å². The number of benzene rings is 1. The van der Waals surface area contributed by atoms with Crippen molar-refractivity contribution < 1.29 is 4.79 Å². The highest BCUT2D eigenvalue weighted by Gasteiger charge is 2.19. The van der Waals surface area contributed by atoms with Crippen molar-refractivity contribution in [1.29, 1.82) is 0 Å². The Labute approximate surface area is 109 Å². The maximum absolute atomic E-state index is 11.8. The van der Waals surface area contributed by atoms with Crippen LogP contribution in [-0.4, -0.2) is 37.5 Å². The molecule has 0 radical (unpaired) electrons. The van der Waals surface area contributed by atoms with E-state index in [2.05, 4.69) is 19.2 Å². The largest absolute Gasteiger partial charge is 0.330 e. The molecule has 0 aliphatic heterocycles. The molecule has 1 aromatic carbocycles. The van der Waals surface area contributed by atoms with E-state index in [0.29, 0.717) is 13.1 Å². The minimum absolute atomic E-state index is 0.00322. The van der Waals surface area contributed by atoms with Crippen molar-refractivity contribution in [2.75, 3.05) is 32.0 Å². The monoisotopic (exact) mass is 249 g/mol. The van der Waals surface area contributed by atoms with Gasteiger partial charge in [0.05, 0.1) is 6.54 Å². The Hall–Kier alpha value is -1.39. The van der Waals surface area contributed by atoms with E-state index < -0.39 is 0 Å². The molecular formula is C14H23N3O. The normalized spacial score (nSPS) is 11.6. The molecule has 18 heavy (non-hydrogen) atoms. The van der Waals surface area contributed by atoms with E-state index in [0.717, 1.165) is 12.2 Å². The van der Waals surface area contributed by atoms with Gasteiger partial charge in [-0.3, -0.25) is 9.69 Å². The summed E-state index contributed by atoms with van der Waals surface area (Å²) in [5, 5.41) is 2.86. The van der Waals surface area contributed by atoms with Gasteiger partial charge in [0.2, 0.25) is 5.91 Å². The number of hydrogen-bond acceptors (Lipinski definition) is 3. The lowest BCUT2D eigenvalue weighted by Gasteiger charge is -2.28. The molecule has 0 atom stereocenters. The Morgan fingerprint density at radius 3 is 2.50 bits per heavy atom. The number of para-hydroxylation sites is 1. The third kappa shape index (κ3) is 5.29. The second kappa shape index (κ2) is 6.52. The fraction of sp³-hybridized carbons (Fsp3) is 0.500. The molecule has 0 aliphatic carbocycles. The zero-order valence-corrected chi connectivity index (χ0v) is 11.4. The molecular weight excluding hydrogens is 226 g/mol. The first-order chi connectivity index (χ1) is 8.43. The summed E-state index contributed by atoms with van der Waals surface area (Å²) in [6.45, 7) is 5.97. The molecule has 0 unspecified atom stereocenters. The molecule has 0 aromatic heterocycles. The SMILES string of the molecule is CN(CC(=O)Nc1ccccc1)CC(C)(C)CN. The summed E-state index contributed by atoms with van der Waals surface area (Å²) < 4.78 is 0. The van der Waals surface area contributed by atoms with Gasteiger partial charge >= 0.3 is 0 Å². The predicted molar refractivity (Wildman–Crippen MR) is 75.4 cm³/mol. The van der Waals surface area contributed by atoms with Crippen molar-refractivity contribution in [3.8, 4) is 0 Å². The smallest absolute Gasteiger partial charge is 0.238 e. The van der Waals surface area contributed by atoms with E-state index in [1.165, 1.54) is 0 Å². The number of carbonyl (C=O) groups excluding carboxylic acids is 1. The number of nitrogens with one attached hydrogen (secondary N) is 1. The van der Waals surface area contributed by atoms with Crippen LogP contribution in [-0.2, 0) is 4.79 Å². The fourth-order valence-electron chi connectivity index (χ4n) is 1.82. The van der Waals surface area contributed by atoms with E-state index in [1.807, 2.05) is 42.3 Å². The zero-order valence-electron chi connectivity index (χ0n) is 11.4. The summed E-state index contributed by atoms with van der Waals surface area (Å²) >= 11 is 0. The van der Waals surface area contributed by atoms with Crippen LogP contribution in [0.15, 0.2) is 30.3 Å². The van der Waals surface area contributed by atoms with E-state index >= 15 is 0 Å². The maximum Gasteiger partial charge on any atom is 0.238 e. The van der Waals surface area contributed by atoms with Gasteiger partial charge in [-0.25, -0.2) is 0 Å². The molecule has 100 valence electrons. The Kier molecular flexibility index (Phi) is 5.31. The average Bonchev–Trinajstić information content (AvgIpc) is 2.29. The predicted octanol–water partition coefficient (Wildman–Crippen LogP) is 1.54. The summed E-state index contributed by atoms with van der Waals surface area (Å²) in [7, 11) is 1.93. The molecule has 0 spiro atoms. The number of rotatable bonds is 6. The minimum Gasteiger partial charge on any atom is -0.330 e. The minimum atomic E-state index is -0.00322. The standard InChI is InChI=1S/C14H23N3O/c1-14(2,10-15)11-17(3)9-13(18)16-12-7-5-4-6-8-12/h4-8H,9-11,15H2,1-3H3,(H,16,18). The third-order valence-electron chi connectivity index (χ3n) is 2.72. The molecule has 0 saturated carbocycles. The molecule has 1 amide bonds. The highest BCUT2D eigenvalue weighted by Crippen LogP contribution is 2.13. The molecule has 0 bridgehead atoms. The fourth-order valence-corrected chi connectivity index (χ4v) is 1.82. The van der Waals surface area contributed by atoms with Crippen molar-refractivity contribution in [2.45, 2.75) is 13.8 Å². The van der Waals surface area contributed by atoms with Gasteiger partial charge in [-0.05, 0) is 31.1 Å². The Morgan fingerprint density at radius 1 is 1.33 bits per heavy atom. The van der Waals surface area contributed by atoms with E-state index in [1.54, 1.807) is 0 Å². The average molecular weight is 249 g/mol. The van der Waals surface area contributed by atoms with E-state index in [-0.39, 0.29) is 11.3 Å². The number of amides is 1. The van der Waals surface area contributed by atoms with Crippen LogP contribution in [0.2, 0.25) is 0 Å². The number of hydrogen-bond donors (Lipinski definition) is 2. The maximum atomic E-state index is 11.8. The van der Waals surface area contributed by atoms with Gasteiger partial charge < -0.3 is 11.1 Å².